The third-order valence-electron chi connectivity index (χ3n) is 5.09. The van der Waals surface area contributed by atoms with Crippen LogP contribution in [0.2, 0.25) is 0 Å². The number of esters is 1. The van der Waals surface area contributed by atoms with Crippen molar-refractivity contribution < 1.29 is 23.7 Å². The van der Waals surface area contributed by atoms with Crippen molar-refractivity contribution in [2.45, 2.75) is 13.8 Å². The number of methoxy groups -OCH3 is 3. The SMILES string of the molecule is COc1cc(OC)c(C=C2C(C)=C(OC(C)=O)c3cc(N(C)C)ccc32)c(OC)c1. The molecule has 2 aromatic rings. The van der Waals surface area contributed by atoms with Crippen molar-refractivity contribution in [3.63, 3.8) is 0 Å². The van der Waals surface area contributed by atoms with Gasteiger partial charge in [-0.15, -0.1) is 0 Å². The average Bonchev–Trinajstić information content (AvgIpc) is 2.98. The van der Waals surface area contributed by atoms with Gasteiger partial charge in [0.15, 0.2) is 0 Å². The van der Waals surface area contributed by atoms with Crippen molar-refractivity contribution in [1.29, 1.82) is 0 Å². The number of allylic oxidation sites excluding steroid dienone is 2. The summed E-state index contributed by atoms with van der Waals surface area (Å²) >= 11 is 0. The van der Waals surface area contributed by atoms with Crippen LogP contribution < -0.4 is 19.1 Å². The van der Waals surface area contributed by atoms with Crippen LogP contribution in [0.1, 0.15) is 30.5 Å². The standard InChI is InChI=1S/C24H27NO5/c1-14-19(13-21-22(28-6)11-17(27-5)12-23(21)29-7)18-9-8-16(25(3)4)10-20(18)24(14)30-15(2)26/h8-13H,1-7H3. The minimum Gasteiger partial charge on any atom is -0.496 e. The number of hydrogen-bond acceptors (Lipinski definition) is 6. The predicted molar refractivity (Wildman–Crippen MR) is 119 cm³/mol. The first-order valence-electron chi connectivity index (χ1n) is 9.54. The Balaban J connectivity index is 2.26. The first-order valence-corrected chi connectivity index (χ1v) is 9.54. The Bertz CT molecular complexity index is 1020. The monoisotopic (exact) mass is 409 g/mol. The molecule has 0 amide bonds. The van der Waals surface area contributed by atoms with Gasteiger partial charge in [-0.05, 0) is 36.3 Å². The number of benzene rings is 2. The van der Waals surface area contributed by atoms with Crippen molar-refractivity contribution in [2.24, 2.45) is 0 Å². The highest BCUT2D eigenvalue weighted by Gasteiger charge is 2.28. The lowest BCUT2D eigenvalue weighted by atomic mass is 9.99. The summed E-state index contributed by atoms with van der Waals surface area (Å²) in [7, 11) is 8.76. The summed E-state index contributed by atoms with van der Waals surface area (Å²) in [6.07, 6.45) is 2.00. The van der Waals surface area contributed by atoms with Crippen LogP contribution in [0.25, 0.3) is 17.4 Å². The third-order valence-corrected chi connectivity index (χ3v) is 5.09. The number of anilines is 1. The highest BCUT2D eigenvalue weighted by atomic mass is 16.5. The fourth-order valence-electron chi connectivity index (χ4n) is 3.54. The van der Waals surface area contributed by atoms with Crippen molar-refractivity contribution in [1.82, 2.24) is 0 Å². The number of carbonyl (C=O) groups excluding carboxylic acids is 1. The maximum absolute atomic E-state index is 11.8. The molecule has 0 aliphatic heterocycles. The van der Waals surface area contributed by atoms with E-state index < -0.39 is 0 Å². The molecule has 6 heteroatoms. The number of nitrogens with zero attached hydrogens (tertiary/aromatic N) is 1. The van der Waals surface area contributed by atoms with Gasteiger partial charge in [-0.1, -0.05) is 6.07 Å². The Kier molecular flexibility index (Phi) is 6.06. The molecular formula is C24H27NO5. The molecule has 6 nitrogen and oxygen atoms in total. The van der Waals surface area contributed by atoms with Crippen LogP contribution >= 0.6 is 0 Å². The zero-order valence-electron chi connectivity index (χ0n) is 18.5. The van der Waals surface area contributed by atoms with Crippen LogP contribution in [0.15, 0.2) is 35.9 Å². The lowest BCUT2D eigenvalue weighted by Crippen LogP contribution is -2.09. The molecule has 0 bridgehead atoms. The highest BCUT2D eigenvalue weighted by Crippen LogP contribution is 2.46. The van der Waals surface area contributed by atoms with Gasteiger partial charge in [-0.3, -0.25) is 4.79 Å². The van der Waals surface area contributed by atoms with Gasteiger partial charge >= 0.3 is 5.97 Å². The van der Waals surface area contributed by atoms with Crippen molar-refractivity contribution in [3.05, 3.63) is 52.6 Å². The van der Waals surface area contributed by atoms with E-state index in [1.807, 2.05) is 62.3 Å². The van der Waals surface area contributed by atoms with Gasteiger partial charge in [0.25, 0.3) is 0 Å². The largest absolute Gasteiger partial charge is 0.496 e. The molecule has 0 radical (unpaired) electrons. The summed E-state index contributed by atoms with van der Waals surface area (Å²) < 4.78 is 22.1. The highest BCUT2D eigenvalue weighted by molar-refractivity contribution is 6.06. The summed E-state index contributed by atoms with van der Waals surface area (Å²) in [4.78, 5) is 13.8. The molecule has 2 aromatic carbocycles. The molecule has 1 aliphatic rings. The van der Waals surface area contributed by atoms with E-state index in [9.17, 15) is 4.79 Å². The molecule has 0 unspecified atom stereocenters. The number of hydrogen-bond donors (Lipinski definition) is 0. The van der Waals surface area contributed by atoms with E-state index in [-0.39, 0.29) is 5.97 Å². The van der Waals surface area contributed by atoms with Gasteiger partial charge in [0.1, 0.15) is 23.0 Å². The zero-order chi connectivity index (χ0) is 22.0. The van der Waals surface area contributed by atoms with E-state index in [1.54, 1.807) is 21.3 Å². The number of fused-ring (bicyclic) bond motifs is 1. The van der Waals surface area contributed by atoms with Crippen LogP contribution in [0, 0.1) is 0 Å². The maximum atomic E-state index is 11.8. The minimum absolute atomic E-state index is 0.355. The second-order valence-corrected chi connectivity index (χ2v) is 7.18. The lowest BCUT2D eigenvalue weighted by molar-refractivity contribution is -0.134. The van der Waals surface area contributed by atoms with Crippen molar-refractivity contribution in [2.75, 3.05) is 40.3 Å². The number of carbonyl (C=O) groups is 1. The van der Waals surface area contributed by atoms with E-state index >= 15 is 0 Å². The van der Waals surface area contributed by atoms with Gasteiger partial charge in [0.05, 0.1) is 26.9 Å². The first kappa shape index (κ1) is 21.3. The molecule has 3 rings (SSSR count). The lowest BCUT2D eigenvalue weighted by Gasteiger charge is -2.15. The van der Waals surface area contributed by atoms with Gasteiger partial charge in [0.2, 0.25) is 0 Å². The van der Waals surface area contributed by atoms with Gasteiger partial charge in [-0.25, -0.2) is 0 Å². The van der Waals surface area contributed by atoms with Gasteiger partial charge < -0.3 is 23.8 Å². The second kappa shape index (κ2) is 8.53. The Morgan fingerprint density at radius 2 is 1.57 bits per heavy atom. The molecule has 0 saturated carbocycles. The quantitative estimate of drug-likeness (QED) is 0.649. The first-order chi connectivity index (χ1) is 14.3. The van der Waals surface area contributed by atoms with Gasteiger partial charge in [0, 0.05) is 50.0 Å². The summed E-state index contributed by atoms with van der Waals surface area (Å²) in [5.74, 6) is 2.10. The van der Waals surface area contributed by atoms with E-state index in [0.29, 0.717) is 23.0 Å². The summed E-state index contributed by atoms with van der Waals surface area (Å²) in [6.45, 7) is 3.36. The summed E-state index contributed by atoms with van der Waals surface area (Å²) in [5, 5.41) is 0. The fraction of sp³-hybridized carbons (Fsp3) is 0.292. The van der Waals surface area contributed by atoms with Crippen molar-refractivity contribution >= 4 is 29.1 Å². The van der Waals surface area contributed by atoms with Crippen LogP contribution in [0.4, 0.5) is 5.69 Å². The van der Waals surface area contributed by atoms with E-state index in [0.717, 1.165) is 33.5 Å². The topological polar surface area (TPSA) is 57.2 Å². The molecule has 1 aliphatic carbocycles. The molecule has 0 N–H and O–H groups in total. The zero-order valence-corrected chi connectivity index (χ0v) is 18.5. The Morgan fingerprint density at radius 1 is 0.933 bits per heavy atom. The molecule has 0 atom stereocenters. The molecule has 0 fully saturated rings. The minimum atomic E-state index is -0.355. The molecule has 30 heavy (non-hydrogen) atoms. The number of rotatable bonds is 6. The van der Waals surface area contributed by atoms with Crippen LogP contribution in [-0.4, -0.2) is 41.4 Å². The van der Waals surface area contributed by atoms with Crippen LogP contribution in [0.3, 0.4) is 0 Å². The fourth-order valence-corrected chi connectivity index (χ4v) is 3.54. The Hall–Kier alpha value is -3.41. The predicted octanol–water partition coefficient (Wildman–Crippen LogP) is 4.63. The normalized spacial score (nSPS) is 13.9. The smallest absolute Gasteiger partial charge is 0.308 e. The molecule has 0 spiro atoms. The van der Waals surface area contributed by atoms with Crippen LogP contribution in [-0.2, 0) is 9.53 Å². The van der Waals surface area contributed by atoms with E-state index in [1.165, 1.54) is 6.92 Å². The van der Waals surface area contributed by atoms with Gasteiger partial charge in [-0.2, -0.15) is 0 Å². The Labute approximate surface area is 177 Å². The van der Waals surface area contributed by atoms with Crippen LogP contribution in [0.5, 0.6) is 17.2 Å². The maximum Gasteiger partial charge on any atom is 0.308 e. The Morgan fingerprint density at radius 3 is 2.07 bits per heavy atom. The average molecular weight is 409 g/mol. The van der Waals surface area contributed by atoms with E-state index in [4.69, 9.17) is 18.9 Å². The molecule has 0 aromatic heterocycles. The summed E-state index contributed by atoms with van der Waals surface area (Å²) in [5.41, 5.74) is 5.47. The third kappa shape index (κ3) is 3.85. The number of ether oxygens (including phenoxy) is 4. The molecular weight excluding hydrogens is 382 g/mol. The molecule has 0 heterocycles. The second-order valence-electron chi connectivity index (χ2n) is 7.18. The van der Waals surface area contributed by atoms with Crippen molar-refractivity contribution in [3.8, 4) is 17.2 Å². The molecule has 158 valence electrons. The molecule has 0 saturated heterocycles. The summed E-state index contributed by atoms with van der Waals surface area (Å²) in [6, 6.07) is 9.73. The van der Waals surface area contributed by atoms with E-state index in [2.05, 4.69) is 0 Å².